The first kappa shape index (κ1) is 13.5. The molecule has 2 rings (SSSR count). The molecule has 5 nitrogen and oxygen atoms in total. The van der Waals surface area contributed by atoms with Crippen molar-refractivity contribution in [3.8, 4) is 0 Å². The Morgan fingerprint density at radius 1 is 1.42 bits per heavy atom. The zero-order chi connectivity index (χ0) is 13.9. The Balaban J connectivity index is 2.16. The van der Waals surface area contributed by atoms with Gasteiger partial charge in [-0.15, -0.1) is 0 Å². The quantitative estimate of drug-likeness (QED) is 0.856. The lowest BCUT2D eigenvalue weighted by molar-refractivity contribution is -0.136. The van der Waals surface area contributed by atoms with Gasteiger partial charge in [-0.25, -0.2) is 0 Å². The van der Waals surface area contributed by atoms with Gasteiger partial charge in [0.1, 0.15) is 0 Å². The Labute approximate surface area is 111 Å². The van der Waals surface area contributed by atoms with E-state index in [1.807, 2.05) is 6.92 Å². The fraction of sp³-hybridized carbons (Fsp3) is 0.429. The van der Waals surface area contributed by atoms with Gasteiger partial charge in [-0.05, 0) is 25.0 Å². The van der Waals surface area contributed by atoms with E-state index in [9.17, 15) is 9.59 Å². The van der Waals surface area contributed by atoms with Crippen LogP contribution in [0.25, 0.3) is 0 Å². The highest BCUT2D eigenvalue weighted by Crippen LogP contribution is 2.19. The Kier molecular flexibility index (Phi) is 3.85. The summed E-state index contributed by atoms with van der Waals surface area (Å²) in [7, 11) is 0. The van der Waals surface area contributed by atoms with Crippen LogP contribution in [-0.2, 0) is 16.0 Å². The molecule has 1 aliphatic rings. The molecule has 1 atom stereocenters. The summed E-state index contributed by atoms with van der Waals surface area (Å²) < 4.78 is 5.28. The van der Waals surface area contributed by atoms with E-state index in [0.717, 1.165) is 6.42 Å². The van der Waals surface area contributed by atoms with Gasteiger partial charge in [0, 0.05) is 12.2 Å². The number of carbonyl (C=O) groups is 2. The first-order valence-corrected chi connectivity index (χ1v) is 6.20. The average Bonchev–Trinajstić information content (AvgIpc) is 2.75. The van der Waals surface area contributed by atoms with E-state index in [2.05, 4.69) is 5.32 Å². The molecular weight excluding hydrogens is 246 g/mol. The van der Waals surface area contributed by atoms with E-state index in [4.69, 9.17) is 9.84 Å². The van der Waals surface area contributed by atoms with Gasteiger partial charge >= 0.3 is 5.97 Å². The molecule has 0 aliphatic carbocycles. The zero-order valence-corrected chi connectivity index (χ0v) is 10.8. The fourth-order valence-electron chi connectivity index (χ4n) is 2.17. The molecule has 2 N–H and O–H groups in total. The molecule has 1 amide bonds. The molecule has 1 aliphatic heterocycles. The largest absolute Gasteiger partial charge is 0.481 e. The lowest BCUT2D eigenvalue weighted by Gasteiger charge is -2.24. The number of hydrogen-bond acceptors (Lipinski definition) is 3. The van der Waals surface area contributed by atoms with E-state index in [1.54, 1.807) is 24.3 Å². The minimum absolute atomic E-state index is 0.156. The van der Waals surface area contributed by atoms with E-state index >= 15 is 0 Å². The standard InChI is InChI=1S/C14H17NO4/c1-14(6-7-19-9-14)15-13(18)11-5-3-2-4-10(11)8-12(16)17/h2-5H,6-9H2,1H3,(H,15,18)(H,16,17). The van der Waals surface area contributed by atoms with E-state index in [-0.39, 0.29) is 17.9 Å². The summed E-state index contributed by atoms with van der Waals surface area (Å²) in [5, 5.41) is 11.8. The van der Waals surface area contributed by atoms with Crippen molar-refractivity contribution in [2.45, 2.75) is 25.3 Å². The maximum absolute atomic E-state index is 12.2. The molecule has 0 radical (unpaired) electrons. The number of carbonyl (C=O) groups excluding carboxylic acids is 1. The highest BCUT2D eigenvalue weighted by atomic mass is 16.5. The second-order valence-electron chi connectivity index (χ2n) is 5.05. The monoisotopic (exact) mass is 263 g/mol. The maximum atomic E-state index is 12.2. The molecule has 0 aromatic heterocycles. The van der Waals surface area contributed by atoms with Crippen LogP contribution in [0.4, 0.5) is 0 Å². The molecule has 1 heterocycles. The highest BCUT2D eigenvalue weighted by Gasteiger charge is 2.32. The van der Waals surface area contributed by atoms with Crippen molar-refractivity contribution in [3.05, 3.63) is 35.4 Å². The Hall–Kier alpha value is -1.88. The van der Waals surface area contributed by atoms with Crippen molar-refractivity contribution in [2.75, 3.05) is 13.2 Å². The van der Waals surface area contributed by atoms with Gasteiger partial charge in [0.25, 0.3) is 5.91 Å². The van der Waals surface area contributed by atoms with Gasteiger partial charge in [0.15, 0.2) is 0 Å². The molecule has 5 heteroatoms. The fourth-order valence-corrected chi connectivity index (χ4v) is 2.17. The van der Waals surface area contributed by atoms with Crippen LogP contribution in [0.15, 0.2) is 24.3 Å². The van der Waals surface area contributed by atoms with Crippen LogP contribution in [0.3, 0.4) is 0 Å². The summed E-state index contributed by atoms with van der Waals surface area (Å²) in [6.07, 6.45) is 0.608. The molecule has 19 heavy (non-hydrogen) atoms. The smallest absolute Gasteiger partial charge is 0.307 e. The number of rotatable bonds is 4. The van der Waals surface area contributed by atoms with E-state index < -0.39 is 5.97 Å². The number of carboxylic acids is 1. The van der Waals surface area contributed by atoms with Gasteiger partial charge in [-0.3, -0.25) is 9.59 Å². The minimum Gasteiger partial charge on any atom is -0.481 e. The third kappa shape index (κ3) is 3.32. The summed E-state index contributed by atoms with van der Waals surface area (Å²) in [4.78, 5) is 23.0. The normalized spacial score (nSPS) is 22.2. The van der Waals surface area contributed by atoms with Crippen LogP contribution in [0, 0.1) is 0 Å². The number of ether oxygens (including phenoxy) is 1. The summed E-state index contributed by atoms with van der Waals surface area (Å²) in [6.45, 7) is 3.05. The number of amides is 1. The third-order valence-corrected chi connectivity index (χ3v) is 3.24. The average molecular weight is 263 g/mol. The predicted octanol–water partition coefficient (Wildman–Crippen LogP) is 1.22. The summed E-state index contributed by atoms with van der Waals surface area (Å²) in [6, 6.07) is 6.77. The lowest BCUT2D eigenvalue weighted by Crippen LogP contribution is -2.46. The number of nitrogens with one attached hydrogen (secondary N) is 1. The molecule has 1 fully saturated rings. The zero-order valence-electron chi connectivity index (χ0n) is 10.8. The SMILES string of the molecule is CC1(NC(=O)c2ccccc2CC(=O)O)CCOC1. The molecule has 1 unspecified atom stereocenters. The Bertz CT molecular complexity index is 492. The van der Waals surface area contributed by atoms with Gasteiger partial charge < -0.3 is 15.2 Å². The van der Waals surface area contributed by atoms with Crippen LogP contribution in [-0.4, -0.2) is 35.7 Å². The van der Waals surface area contributed by atoms with Crippen molar-refractivity contribution in [3.63, 3.8) is 0 Å². The summed E-state index contributed by atoms with van der Waals surface area (Å²) >= 11 is 0. The lowest BCUT2D eigenvalue weighted by atomic mass is 9.99. The molecule has 0 saturated carbocycles. The molecule has 102 valence electrons. The first-order chi connectivity index (χ1) is 9.00. The second-order valence-corrected chi connectivity index (χ2v) is 5.05. The number of benzene rings is 1. The van der Waals surface area contributed by atoms with Gasteiger partial charge in [0.2, 0.25) is 0 Å². The van der Waals surface area contributed by atoms with Crippen LogP contribution in [0.1, 0.15) is 29.3 Å². The molecule has 0 spiro atoms. The third-order valence-electron chi connectivity index (χ3n) is 3.24. The van der Waals surface area contributed by atoms with Crippen LogP contribution < -0.4 is 5.32 Å². The van der Waals surface area contributed by atoms with E-state index in [1.165, 1.54) is 0 Å². The van der Waals surface area contributed by atoms with Crippen LogP contribution >= 0.6 is 0 Å². The number of carboxylic acid groups (broad SMARTS) is 1. The van der Waals surface area contributed by atoms with Crippen molar-refractivity contribution in [1.82, 2.24) is 5.32 Å². The van der Waals surface area contributed by atoms with Gasteiger partial charge in [-0.2, -0.15) is 0 Å². The summed E-state index contributed by atoms with van der Waals surface area (Å²) in [5.41, 5.74) is 0.570. The highest BCUT2D eigenvalue weighted by molar-refractivity contribution is 5.97. The van der Waals surface area contributed by atoms with Crippen molar-refractivity contribution < 1.29 is 19.4 Å². The predicted molar refractivity (Wildman–Crippen MR) is 69.1 cm³/mol. The number of hydrogen-bond donors (Lipinski definition) is 2. The van der Waals surface area contributed by atoms with Crippen molar-refractivity contribution in [1.29, 1.82) is 0 Å². The Morgan fingerprint density at radius 3 is 2.79 bits per heavy atom. The van der Waals surface area contributed by atoms with E-state index in [0.29, 0.717) is 24.3 Å². The molecule has 0 bridgehead atoms. The van der Waals surface area contributed by atoms with Gasteiger partial charge in [0.05, 0.1) is 18.6 Å². The van der Waals surface area contributed by atoms with Crippen molar-refractivity contribution in [2.24, 2.45) is 0 Å². The first-order valence-electron chi connectivity index (χ1n) is 6.20. The second kappa shape index (κ2) is 5.40. The van der Waals surface area contributed by atoms with Crippen LogP contribution in [0.2, 0.25) is 0 Å². The maximum Gasteiger partial charge on any atom is 0.307 e. The molecule has 1 aromatic carbocycles. The van der Waals surface area contributed by atoms with Crippen molar-refractivity contribution >= 4 is 11.9 Å². The minimum atomic E-state index is -0.948. The molecular formula is C14H17NO4. The summed E-state index contributed by atoms with van der Waals surface area (Å²) in [5.74, 6) is -1.19. The van der Waals surface area contributed by atoms with Crippen LogP contribution in [0.5, 0.6) is 0 Å². The molecule has 1 saturated heterocycles. The Morgan fingerprint density at radius 2 is 2.16 bits per heavy atom. The topological polar surface area (TPSA) is 75.6 Å². The molecule has 1 aromatic rings. The van der Waals surface area contributed by atoms with Gasteiger partial charge in [-0.1, -0.05) is 18.2 Å². The number of aliphatic carboxylic acids is 1.